The topological polar surface area (TPSA) is 73.9 Å². The standard InChI is InChI=1S/C10H17NO5/c1-3-4-5-14-8(12)6-11-9(13)10-15-7(2)16-10/h7,10H,3-6H2,1-2H3,(H,11,13). The van der Waals surface area contributed by atoms with Crippen LogP contribution in [0.15, 0.2) is 0 Å². The van der Waals surface area contributed by atoms with Crippen LogP contribution in [0.25, 0.3) is 0 Å². The van der Waals surface area contributed by atoms with Crippen molar-refractivity contribution in [2.45, 2.75) is 39.3 Å². The Morgan fingerprint density at radius 2 is 2.06 bits per heavy atom. The summed E-state index contributed by atoms with van der Waals surface area (Å²) in [7, 11) is 0. The van der Waals surface area contributed by atoms with E-state index >= 15 is 0 Å². The fourth-order valence-corrected chi connectivity index (χ4v) is 1.11. The molecule has 1 aliphatic heterocycles. The predicted octanol–water partition coefficient (Wildman–Crippen LogP) is 0.165. The Bertz CT molecular complexity index is 250. The maximum absolute atomic E-state index is 11.2. The molecule has 1 fully saturated rings. The Morgan fingerprint density at radius 3 is 2.62 bits per heavy atom. The van der Waals surface area contributed by atoms with E-state index in [2.05, 4.69) is 5.32 Å². The number of ether oxygens (including phenoxy) is 3. The molecule has 0 unspecified atom stereocenters. The molecule has 1 N–H and O–H groups in total. The fourth-order valence-electron chi connectivity index (χ4n) is 1.11. The Balaban J connectivity index is 2.05. The summed E-state index contributed by atoms with van der Waals surface area (Å²) in [5.41, 5.74) is 0. The molecule has 0 aliphatic carbocycles. The van der Waals surface area contributed by atoms with E-state index in [1.165, 1.54) is 0 Å². The minimum absolute atomic E-state index is 0.153. The van der Waals surface area contributed by atoms with Crippen LogP contribution < -0.4 is 5.32 Å². The van der Waals surface area contributed by atoms with E-state index in [0.29, 0.717) is 6.61 Å². The summed E-state index contributed by atoms with van der Waals surface area (Å²) >= 11 is 0. The first-order chi connectivity index (χ1) is 7.63. The van der Waals surface area contributed by atoms with Gasteiger partial charge in [-0.2, -0.15) is 0 Å². The van der Waals surface area contributed by atoms with Crippen molar-refractivity contribution in [2.24, 2.45) is 0 Å². The lowest BCUT2D eigenvalue weighted by Gasteiger charge is -2.32. The van der Waals surface area contributed by atoms with Gasteiger partial charge in [0.1, 0.15) is 6.54 Å². The maximum atomic E-state index is 11.2. The SMILES string of the molecule is CCCCOC(=O)CNC(=O)C1OC(C)O1. The molecule has 0 spiro atoms. The first-order valence-corrected chi connectivity index (χ1v) is 5.37. The van der Waals surface area contributed by atoms with Gasteiger partial charge >= 0.3 is 5.97 Å². The molecule has 0 bridgehead atoms. The van der Waals surface area contributed by atoms with Gasteiger partial charge in [0.2, 0.25) is 6.29 Å². The largest absolute Gasteiger partial charge is 0.464 e. The van der Waals surface area contributed by atoms with Crippen LogP contribution in [0.3, 0.4) is 0 Å². The van der Waals surface area contributed by atoms with Crippen LogP contribution in [0.1, 0.15) is 26.7 Å². The van der Waals surface area contributed by atoms with Crippen molar-refractivity contribution in [3.8, 4) is 0 Å². The van der Waals surface area contributed by atoms with Gasteiger partial charge in [-0.3, -0.25) is 9.59 Å². The van der Waals surface area contributed by atoms with Gasteiger partial charge in [-0.25, -0.2) is 0 Å². The number of carbonyl (C=O) groups excluding carboxylic acids is 2. The van der Waals surface area contributed by atoms with Gasteiger partial charge in [0.05, 0.1) is 6.61 Å². The summed E-state index contributed by atoms with van der Waals surface area (Å²) < 4.78 is 14.7. The van der Waals surface area contributed by atoms with Gasteiger partial charge in [-0.05, 0) is 13.3 Å². The highest BCUT2D eigenvalue weighted by molar-refractivity contribution is 5.84. The molecule has 6 heteroatoms. The van der Waals surface area contributed by atoms with Crippen LogP contribution in [0.2, 0.25) is 0 Å². The molecule has 0 aromatic heterocycles. The normalized spacial score (nSPS) is 23.4. The highest BCUT2D eigenvalue weighted by atomic mass is 16.9. The van der Waals surface area contributed by atoms with E-state index in [0.717, 1.165) is 12.8 Å². The zero-order valence-corrected chi connectivity index (χ0v) is 9.52. The summed E-state index contributed by atoms with van der Waals surface area (Å²) in [6.45, 7) is 3.92. The molecule has 1 saturated heterocycles. The highest BCUT2D eigenvalue weighted by Crippen LogP contribution is 2.15. The second-order valence-corrected chi connectivity index (χ2v) is 3.46. The summed E-state index contributed by atoms with van der Waals surface area (Å²) in [4.78, 5) is 22.3. The minimum Gasteiger partial charge on any atom is -0.464 e. The molecule has 0 aromatic carbocycles. The minimum atomic E-state index is -0.890. The third-order valence-electron chi connectivity index (χ3n) is 2.01. The lowest BCUT2D eigenvalue weighted by Crippen LogP contribution is -2.50. The van der Waals surface area contributed by atoms with E-state index in [1.54, 1.807) is 6.92 Å². The van der Waals surface area contributed by atoms with Gasteiger partial charge < -0.3 is 19.5 Å². The number of nitrogens with one attached hydrogen (secondary N) is 1. The van der Waals surface area contributed by atoms with Gasteiger partial charge in [-0.1, -0.05) is 13.3 Å². The van der Waals surface area contributed by atoms with E-state index in [-0.39, 0.29) is 12.8 Å². The van der Waals surface area contributed by atoms with Crippen molar-refractivity contribution in [3.05, 3.63) is 0 Å². The molecule has 0 atom stereocenters. The van der Waals surface area contributed by atoms with Gasteiger partial charge in [-0.15, -0.1) is 0 Å². The molecule has 1 aliphatic rings. The average molecular weight is 231 g/mol. The quantitative estimate of drug-likeness (QED) is 0.521. The zero-order valence-electron chi connectivity index (χ0n) is 9.52. The van der Waals surface area contributed by atoms with E-state index in [9.17, 15) is 9.59 Å². The van der Waals surface area contributed by atoms with Crippen molar-refractivity contribution < 1.29 is 23.8 Å². The maximum Gasteiger partial charge on any atom is 0.325 e. The second-order valence-electron chi connectivity index (χ2n) is 3.46. The van der Waals surface area contributed by atoms with Crippen molar-refractivity contribution >= 4 is 11.9 Å². The van der Waals surface area contributed by atoms with Crippen molar-refractivity contribution in [1.82, 2.24) is 5.32 Å². The molecule has 6 nitrogen and oxygen atoms in total. The molecular weight excluding hydrogens is 214 g/mol. The number of hydrogen-bond donors (Lipinski definition) is 1. The Labute approximate surface area is 94.2 Å². The molecule has 0 radical (unpaired) electrons. The van der Waals surface area contributed by atoms with Crippen LogP contribution in [0, 0.1) is 0 Å². The summed E-state index contributed by atoms with van der Waals surface area (Å²) in [5, 5.41) is 2.37. The fraction of sp³-hybridized carbons (Fsp3) is 0.800. The third-order valence-corrected chi connectivity index (χ3v) is 2.01. The zero-order chi connectivity index (χ0) is 12.0. The lowest BCUT2D eigenvalue weighted by molar-refractivity contribution is -0.357. The molecular formula is C10H17NO5. The van der Waals surface area contributed by atoms with Crippen LogP contribution in [0.4, 0.5) is 0 Å². The second kappa shape index (κ2) is 6.44. The van der Waals surface area contributed by atoms with Crippen LogP contribution >= 0.6 is 0 Å². The number of unbranched alkanes of at least 4 members (excludes halogenated alkanes) is 1. The van der Waals surface area contributed by atoms with Crippen LogP contribution in [-0.2, 0) is 23.8 Å². The number of carbonyl (C=O) groups is 2. The van der Waals surface area contributed by atoms with Gasteiger partial charge in [0.15, 0.2) is 6.29 Å². The summed E-state index contributed by atoms with van der Waals surface area (Å²) in [6, 6.07) is 0. The molecule has 0 saturated carbocycles. The average Bonchev–Trinajstić information content (AvgIpc) is 2.22. The van der Waals surface area contributed by atoms with Crippen LogP contribution in [0.5, 0.6) is 0 Å². The smallest absolute Gasteiger partial charge is 0.325 e. The summed E-state index contributed by atoms with van der Waals surface area (Å²) in [5.74, 6) is -0.903. The third kappa shape index (κ3) is 4.16. The van der Waals surface area contributed by atoms with Crippen molar-refractivity contribution in [3.63, 3.8) is 0 Å². The predicted molar refractivity (Wildman–Crippen MR) is 54.3 cm³/mol. The van der Waals surface area contributed by atoms with E-state index in [1.807, 2.05) is 6.92 Å². The molecule has 1 rings (SSSR count). The molecule has 1 amide bonds. The van der Waals surface area contributed by atoms with E-state index < -0.39 is 18.2 Å². The first kappa shape index (κ1) is 12.9. The van der Waals surface area contributed by atoms with Crippen molar-refractivity contribution in [2.75, 3.05) is 13.2 Å². The van der Waals surface area contributed by atoms with Crippen molar-refractivity contribution in [1.29, 1.82) is 0 Å². The summed E-state index contributed by atoms with van der Waals surface area (Å²) in [6.07, 6.45) is 0.540. The highest BCUT2D eigenvalue weighted by Gasteiger charge is 2.33. The number of rotatable bonds is 6. The van der Waals surface area contributed by atoms with Gasteiger partial charge in [0.25, 0.3) is 5.91 Å². The molecule has 0 aromatic rings. The number of amides is 1. The Kier molecular flexibility index (Phi) is 5.21. The number of esters is 1. The van der Waals surface area contributed by atoms with Gasteiger partial charge in [0, 0.05) is 0 Å². The Morgan fingerprint density at radius 1 is 1.38 bits per heavy atom. The lowest BCUT2D eigenvalue weighted by atomic mass is 10.4. The molecule has 92 valence electrons. The number of hydrogen-bond acceptors (Lipinski definition) is 5. The molecule has 1 heterocycles. The first-order valence-electron chi connectivity index (χ1n) is 5.37. The Hall–Kier alpha value is -1.14. The van der Waals surface area contributed by atoms with E-state index in [4.69, 9.17) is 14.2 Å². The monoisotopic (exact) mass is 231 g/mol. The van der Waals surface area contributed by atoms with Crippen LogP contribution in [-0.4, -0.2) is 37.6 Å². The molecule has 16 heavy (non-hydrogen) atoms.